The van der Waals surface area contributed by atoms with Crippen LogP contribution in [0.5, 0.6) is 0 Å². The molecule has 0 aromatic heterocycles. The van der Waals surface area contributed by atoms with Gasteiger partial charge in [0.1, 0.15) is 0 Å². The lowest BCUT2D eigenvalue weighted by Gasteiger charge is -1.91. The van der Waals surface area contributed by atoms with Gasteiger partial charge in [0, 0.05) is 6.54 Å². The molecule has 4 heteroatoms. The summed E-state index contributed by atoms with van der Waals surface area (Å²) in [5.41, 5.74) is 0. The summed E-state index contributed by atoms with van der Waals surface area (Å²) in [6.07, 6.45) is 0.542. The number of hydrogen-bond donors (Lipinski definition) is 2. The molecule has 1 heterocycles. The van der Waals surface area contributed by atoms with Gasteiger partial charge in [0.25, 0.3) is 0 Å². The Labute approximate surface area is 62.1 Å². The number of rotatable bonds is 3. The normalized spacial score (nSPS) is 21.7. The highest BCUT2D eigenvalue weighted by molar-refractivity contribution is 5.85. The van der Waals surface area contributed by atoms with Crippen LogP contribution in [0, 0.1) is 0 Å². The Morgan fingerprint density at radius 2 is 2.22 bits per heavy atom. The highest BCUT2D eigenvalue weighted by atomic mass is 35.5. The third-order valence-corrected chi connectivity index (χ3v) is 1.02. The topological polar surface area (TPSA) is 59.6 Å². The summed E-state index contributed by atoms with van der Waals surface area (Å²) < 4.78 is 4.95. The summed E-state index contributed by atoms with van der Waals surface area (Å²) in [7, 11) is 0. The zero-order valence-corrected chi connectivity index (χ0v) is 6.54. The standard InChI is InChI=1S/C5H11NO.ClH.H3N/c1-2-6-3-5-4-7-5;;/h5-6H,2-4H2,1H3;1H;1H3. The maximum atomic E-state index is 4.95. The largest absolute Gasteiger partial charge is 0.372 e. The Balaban J connectivity index is 0. The lowest BCUT2D eigenvalue weighted by molar-refractivity contribution is 0.399. The van der Waals surface area contributed by atoms with Crippen molar-refractivity contribution >= 4 is 12.4 Å². The molecule has 0 spiro atoms. The van der Waals surface area contributed by atoms with Crippen molar-refractivity contribution in [3.63, 3.8) is 0 Å². The SMILES string of the molecule is CCNCC1CO1.Cl.N. The van der Waals surface area contributed by atoms with Crippen LogP contribution in [-0.2, 0) is 4.74 Å². The van der Waals surface area contributed by atoms with E-state index in [9.17, 15) is 0 Å². The first-order valence-corrected chi connectivity index (χ1v) is 2.76. The quantitative estimate of drug-likeness (QED) is 0.585. The van der Waals surface area contributed by atoms with Crippen molar-refractivity contribution in [1.29, 1.82) is 0 Å². The summed E-state index contributed by atoms with van der Waals surface area (Å²) in [5, 5.41) is 3.19. The van der Waals surface area contributed by atoms with Gasteiger partial charge in [-0.15, -0.1) is 12.4 Å². The van der Waals surface area contributed by atoms with E-state index in [4.69, 9.17) is 4.74 Å². The number of nitrogens with one attached hydrogen (secondary N) is 1. The van der Waals surface area contributed by atoms with E-state index >= 15 is 0 Å². The van der Waals surface area contributed by atoms with E-state index < -0.39 is 0 Å². The fraction of sp³-hybridized carbons (Fsp3) is 1.00. The van der Waals surface area contributed by atoms with Crippen LogP contribution in [0.3, 0.4) is 0 Å². The average molecular weight is 155 g/mol. The van der Waals surface area contributed by atoms with Crippen LogP contribution in [-0.4, -0.2) is 25.8 Å². The number of epoxide rings is 1. The van der Waals surface area contributed by atoms with Gasteiger partial charge in [-0.05, 0) is 6.54 Å². The molecule has 0 bridgehead atoms. The van der Waals surface area contributed by atoms with E-state index in [0.717, 1.165) is 19.7 Å². The van der Waals surface area contributed by atoms with Crippen molar-refractivity contribution in [2.45, 2.75) is 13.0 Å². The molecule has 9 heavy (non-hydrogen) atoms. The predicted octanol–water partition coefficient (Wildman–Crippen LogP) is 0.578. The van der Waals surface area contributed by atoms with Crippen LogP contribution in [0.1, 0.15) is 6.92 Å². The molecule has 0 saturated carbocycles. The molecule has 1 rings (SSSR count). The van der Waals surface area contributed by atoms with Crippen molar-refractivity contribution in [2.24, 2.45) is 0 Å². The fourth-order valence-electron chi connectivity index (χ4n) is 0.491. The van der Waals surface area contributed by atoms with Crippen molar-refractivity contribution in [1.82, 2.24) is 11.5 Å². The van der Waals surface area contributed by atoms with E-state index in [-0.39, 0.29) is 18.6 Å². The molecule has 0 aliphatic carbocycles. The van der Waals surface area contributed by atoms with Gasteiger partial charge >= 0.3 is 0 Å². The van der Waals surface area contributed by atoms with E-state index in [1.807, 2.05) is 0 Å². The van der Waals surface area contributed by atoms with E-state index in [2.05, 4.69) is 12.2 Å². The molecule has 1 unspecified atom stereocenters. The lowest BCUT2D eigenvalue weighted by atomic mass is 10.5. The number of ether oxygens (including phenoxy) is 1. The molecule has 0 amide bonds. The Bertz CT molecular complexity index is 58.9. The van der Waals surface area contributed by atoms with Crippen LogP contribution in [0.4, 0.5) is 0 Å². The summed E-state index contributed by atoms with van der Waals surface area (Å²) in [5.74, 6) is 0. The minimum atomic E-state index is 0. The zero-order valence-electron chi connectivity index (χ0n) is 5.72. The van der Waals surface area contributed by atoms with Crippen LogP contribution >= 0.6 is 12.4 Å². The molecule has 1 saturated heterocycles. The van der Waals surface area contributed by atoms with E-state index in [1.54, 1.807) is 0 Å². The first-order valence-electron chi connectivity index (χ1n) is 2.76. The van der Waals surface area contributed by atoms with Crippen molar-refractivity contribution in [2.75, 3.05) is 19.7 Å². The maximum absolute atomic E-state index is 4.95. The first-order chi connectivity index (χ1) is 3.43. The molecule has 1 aliphatic heterocycles. The summed E-state index contributed by atoms with van der Waals surface area (Å²) in [6, 6.07) is 0. The molecule has 3 nitrogen and oxygen atoms in total. The summed E-state index contributed by atoms with van der Waals surface area (Å²) in [4.78, 5) is 0. The Morgan fingerprint density at radius 1 is 1.67 bits per heavy atom. The third-order valence-electron chi connectivity index (χ3n) is 1.02. The van der Waals surface area contributed by atoms with Gasteiger partial charge in [-0.3, -0.25) is 0 Å². The molecule has 58 valence electrons. The Kier molecular flexibility index (Phi) is 8.32. The summed E-state index contributed by atoms with van der Waals surface area (Å²) >= 11 is 0. The predicted molar refractivity (Wildman–Crippen MR) is 40.6 cm³/mol. The molecule has 1 aliphatic rings. The van der Waals surface area contributed by atoms with Gasteiger partial charge in [0.15, 0.2) is 0 Å². The monoisotopic (exact) mass is 154 g/mol. The molecule has 0 aromatic carbocycles. The maximum Gasteiger partial charge on any atom is 0.0933 e. The van der Waals surface area contributed by atoms with E-state index in [1.165, 1.54) is 0 Å². The molecule has 4 N–H and O–H groups in total. The van der Waals surface area contributed by atoms with Crippen LogP contribution in [0.25, 0.3) is 0 Å². The highest BCUT2D eigenvalue weighted by Crippen LogP contribution is 2.05. The van der Waals surface area contributed by atoms with Gasteiger partial charge < -0.3 is 16.2 Å². The number of hydrogen-bond acceptors (Lipinski definition) is 3. The minimum absolute atomic E-state index is 0. The molecule has 0 radical (unpaired) electrons. The van der Waals surface area contributed by atoms with Gasteiger partial charge in [0.2, 0.25) is 0 Å². The second-order valence-corrected chi connectivity index (χ2v) is 1.76. The minimum Gasteiger partial charge on any atom is -0.372 e. The van der Waals surface area contributed by atoms with Crippen LogP contribution in [0.2, 0.25) is 0 Å². The lowest BCUT2D eigenvalue weighted by Crippen LogP contribution is -2.18. The smallest absolute Gasteiger partial charge is 0.0933 e. The first kappa shape index (κ1) is 11.9. The second-order valence-electron chi connectivity index (χ2n) is 1.76. The van der Waals surface area contributed by atoms with E-state index in [0.29, 0.717) is 6.10 Å². The molecule has 1 atom stereocenters. The Hall–Kier alpha value is 0.170. The Morgan fingerprint density at radius 3 is 2.56 bits per heavy atom. The zero-order chi connectivity index (χ0) is 5.11. The van der Waals surface area contributed by atoms with Crippen molar-refractivity contribution < 1.29 is 4.74 Å². The van der Waals surface area contributed by atoms with Gasteiger partial charge in [0.05, 0.1) is 12.7 Å². The highest BCUT2D eigenvalue weighted by Gasteiger charge is 2.20. The van der Waals surface area contributed by atoms with Crippen LogP contribution < -0.4 is 11.5 Å². The number of likely N-dealkylation sites (N-methyl/N-ethyl adjacent to an activating group) is 1. The summed E-state index contributed by atoms with van der Waals surface area (Å²) in [6.45, 7) is 5.16. The van der Waals surface area contributed by atoms with Crippen molar-refractivity contribution in [3.05, 3.63) is 0 Å². The van der Waals surface area contributed by atoms with Gasteiger partial charge in [-0.1, -0.05) is 6.92 Å². The molecule has 0 aromatic rings. The molecular weight excluding hydrogens is 140 g/mol. The van der Waals surface area contributed by atoms with Crippen molar-refractivity contribution in [3.8, 4) is 0 Å². The van der Waals surface area contributed by atoms with Gasteiger partial charge in [-0.2, -0.15) is 0 Å². The third kappa shape index (κ3) is 6.05. The fourth-order valence-corrected chi connectivity index (χ4v) is 0.491. The molecule has 1 fully saturated rings. The van der Waals surface area contributed by atoms with Gasteiger partial charge in [-0.25, -0.2) is 0 Å². The second kappa shape index (κ2) is 6.29. The molecular formula is C5H15ClN2O. The average Bonchev–Trinajstić information content (AvgIpc) is 2.42. The number of halogens is 1. The van der Waals surface area contributed by atoms with Crippen LogP contribution in [0.15, 0.2) is 0 Å².